The smallest absolute Gasteiger partial charge is 0.0314 e. The Morgan fingerprint density at radius 2 is 0.931 bits per heavy atom. The maximum Gasteiger partial charge on any atom is 0.0314 e. The molecule has 0 aliphatic carbocycles. The second-order valence-corrected chi connectivity index (χ2v) is 7.59. The number of benzene rings is 5. The molecular formula is C27H22N2. The summed E-state index contributed by atoms with van der Waals surface area (Å²) in [4.78, 5) is 0. The summed E-state index contributed by atoms with van der Waals surface area (Å²) < 4.78 is 0. The van der Waals surface area contributed by atoms with Crippen molar-refractivity contribution in [3.8, 4) is 22.3 Å². The normalized spacial score (nSPS) is 11.2. The Bertz CT molecular complexity index is 1350. The van der Waals surface area contributed by atoms with Crippen LogP contribution in [0.25, 0.3) is 43.8 Å². The molecule has 0 heterocycles. The van der Waals surface area contributed by atoms with Gasteiger partial charge in [0.2, 0.25) is 0 Å². The van der Waals surface area contributed by atoms with Crippen LogP contribution in [0.1, 0.15) is 5.56 Å². The number of aryl methyl sites for hydroxylation is 1. The van der Waals surface area contributed by atoms with E-state index in [-0.39, 0.29) is 0 Å². The van der Waals surface area contributed by atoms with Crippen molar-refractivity contribution in [1.29, 1.82) is 0 Å². The molecular weight excluding hydrogens is 352 g/mol. The molecule has 0 amide bonds. The highest BCUT2D eigenvalue weighted by molar-refractivity contribution is 6.21. The van der Waals surface area contributed by atoms with Gasteiger partial charge in [-0.3, -0.25) is 0 Å². The van der Waals surface area contributed by atoms with E-state index in [1.165, 1.54) is 49.4 Å². The summed E-state index contributed by atoms with van der Waals surface area (Å²) in [6.45, 7) is 2.14. The number of rotatable bonds is 2. The van der Waals surface area contributed by atoms with E-state index < -0.39 is 0 Å². The third kappa shape index (κ3) is 2.90. The van der Waals surface area contributed by atoms with Crippen molar-refractivity contribution in [1.82, 2.24) is 0 Å². The molecule has 0 bridgehead atoms. The van der Waals surface area contributed by atoms with Crippen LogP contribution in [0, 0.1) is 6.92 Å². The van der Waals surface area contributed by atoms with Gasteiger partial charge in [-0.05, 0) is 75.0 Å². The molecule has 2 heteroatoms. The summed E-state index contributed by atoms with van der Waals surface area (Å²) in [6.07, 6.45) is 0. The first-order valence-electron chi connectivity index (χ1n) is 9.79. The van der Waals surface area contributed by atoms with Crippen LogP contribution < -0.4 is 11.5 Å². The number of anilines is 2. The van der Waals surface area contributed by atoms with Crippen LogP contribution in [-0.2, 0) is 0 Å². The van der Waals surface area contributed by atoms with E-state index in [4.69, 9.17) is 11.5 Å². The van der Waals surface area contributed by atoms with Gasteiger partial charge in [-0.15, -0.1) is 0 Å². The van der Waals surface area contributed by atoms with Crippen LogP contribution >= 0.6 is 0 Å². The van der Waals surface area contributed by atoms with Gasteiger partial charge < -0.3 is 11.5 Å². The third-order valence-corrected chi connectivity index (χ3v) is 5.58. The number of hydrogen-bond acceptors (Lipinski definition) is 2. The van der Waals surface area contributed by atoms with Crippen molar-refractivity contribution in [2.24, 2.45) is 0 Å². The summed E-state index contributed by atoms with van der Waals surface area (Å²) in [5.41, 5.74) is 19.5. The van der Waals surface area contributed by atoms with E-state index in [1.54, 1.807) is 0 Å². The van der Waals surface area contributed by atoms with E-state index in [1.807, 2.05) is 24.3 Å². The van der Waals surface area contributed by atoms with E-state index in [2.05, 4.69) is 73.7 Å². The highest BCUT2D eigenvalue weighted by Crippen LogP contribution is 2.43. The van der Waals surface area contributed by atoms with E-state index in [0.717, 1.165) is 11.4 Å². The number of nitrogens with two attached hydrogens (primary N) is 2. The lowest BCUT2D eigenvalue weighted by Crippen LogP contribution is -1.92. The molecule has 0 aliphatic heterocycles. The highest BCUT2D eigenvalue weighted by Gasteiger charge is 2.16. The molecule has 0 aromatic heterocycles. The van der Waals surface area contributed by atoms with Crippen molar-refractivity contribution in [3.63, 3.8) is 0 Å². The maximum absolute atomic E-state index is 5.96. The Kier molecular flexibility index (Phi) is 3.99. The van der Waals surface area contributed by atoms with Crippen LogP contribution in [0.3, 0.4) is 0 Å². The summed E-state index contributed by atoms with van der Waals surface area (Å²) in [5.74, 6) is 0. The Labute approximate surface area is 170 Å². The standard InChI is InChI=1S/C27H22N2/c1-17-6-15-24-25(16-17)27(19-9-13-21(29)14-10-19)23-5-3-2-4-22(23)26(24)18-7-11-20(28)12-8-18/h2-16H,28-29H2,1H3. The van der Waals surface area contributed by atoms with Crippen molar-refractivity contribution in [3.05, 3.63) is 96.6 Å². The molecule has 5 aromatic rings. The fourth-order valence-corrected chi connectivity index (χ4v) is 4.21. The van der Waals surface area contributed by atoms with Gasteiger partial charge in [0, 0.05) is 11.4 Å². The molecule has 0 saturated carbocycles. The molecule has 0 radical (unpaired) electrons. The molecule has 0 fully saturated rings. The van der Waals surface area contributed by atoms with E-state index in [9.17, 15) is 0 Å². The molecule has 0 saturated heterocycles. The quantitative estimate of drug-likeness (QED) is 0.264. The fourth-order valence-electron chi connectivity index (χ4n) is 4.21. The molecule has 0 spiro atoms. The van der Waals surface area contributed by atoms with Crippen LogP contribution in [0.5, 0.6) is 0 Å². The summed E-state index contributed by atoms with van der Waals surface area (Å²) >= 11 is 0. The zero-order chi connectivity index (χ0) is 20.0. The third-order valence-electron chi connectivity index (χ3n) is 5.58. The van der Waals surface area contributed by atoms with Crippen LogP contribution in [0.2, 0.25) is 0 Å². The van der Waals surface area contributed by atoms with Gasteiger partial charge >= 0.3 is 0 Å². The minimum absolute atomic E-state index is 0.775. The van der Waals surface area contributed by atoms with Crippen LogP contribution in [0.4, 0.5) is 11.4 Å². The van der Waals surface area contributed by atoms with Crippen LogP contribution in [-0.4, -0.2) is 0 Å². The summed E-state index contributed by atoms with van der Waals surface area (Å²) in [6, 6.07) is 31.7. The first kappa shape index (κ1) is 17.3. The molecule has 0 unspecified atom stereocenters. The Balaban J connectivity index is 1.98. The molecule has 29 heavy (non-hydrogen) atoms. The zero-order valence-corrected chi connectivity index (χ0v) is 16.3. The monoisotopic (exact) mass is 374 g/mol. The first-order chi connectivity index (χ1) is 14.1. The second-order valence-electron chi connectivity index (χ2n) is 7.59. The van der Waals surface area contributed by atoms with Crippen molar-refractivity contribution >= 4 is 32.9 Å². The van der Waals surface area contributed by atoms with Gasteiger partial charge in [-0.1, -0.05) is 72.3 Å². The van der Waals surface area contributed by atoms with Gasteiger partial charge in [0.1, 0.15) is 0 Å². The predicted molar refractivity (Wildman–Crippen MR) is 126 cm³/mol. The molecule has 0 aliphatic rings. The molecule has 2 nitrogen and oxygen atoms in total. The number of hydrogen-bond donors (Lipinski definition) is 2. The highest BCUT2D eigenvalue weighted by atomic mass is 14.5. The number of fused-ring (bicyclic) bond motifs is 2. The minimum Gasteiger partial charge on any atom is -0.399 e. The van der Waals surface area contributed by atoms with Crippen LogP contribution in [0.15, 0.2) is 91.0 Å². The summed E-state index contributed by atoms with van der Waals surface area (Å²) in [5, 5.41) is 4.97. The van der Waals surface area contributed by atoms with Crippen molar-refractivity contribution in [2.45, 2.75) is 6.92 Å². The van der Waals surface area contributed by atoms with Gasteiger partial charge in [-0.25, -0.2) is 0 Å². The van der Waals surface area contributed by atoms with Gasteiger partial charge in [0.05, 0.1) is 0 Å². The average Bonchev–Trinajstić information content (AvgIpc) is 2.74. The van der Waals surface area contributed by atoms with Crippen molar-refractivity contribution in [2.75, 3.05) is 11.5 Å². The first-order valence-corrected chi connectivity index (χ1v) is 9.79. The van der Waals surface area contributed by atoms with Gasteiger partial charge in [-0.2, -0.15) is 0 Å². The number of nitrogen functional groups attached to an aromatic ring is 2. The molecule has 140 valence electrons. The summed E-state index contributed by atoms with van der Waals surface area (Å²) in [7, 11) is 0. The average molecular weight is 374 g/mol. The SMILES string of the molecule is Cc1ccc2c(-c3ccc(N)cc3)c3ccccc3c(-c3ccc(N)cc3)c2c1. The van der Waals surface area contributed by atoms with E-state index in [0.29, 0.717) is 0 Å². The van der Waals surface area contributed by atoms with Crippen molar-refractivity contribution < 1.29 is 0 Å². The fraction of sp³-hybridized carbons (Fsp3) is 0.0370. The minimum atomic E-state index is 0.775. The molecule has 5 aromatic carbocycles. The maximum atomic E-state index is 5.96. The Hall–Kier alpha value is -3.78. The molecule has 4 N–H and O–H groups in total. The largest absolute Gasteiger partial charge is 0.399 e. The lowest BCUT2D eigenvalue weighted by atomic mass is 9.85. The zero-order valence-electron chi connectivity index (χ0n) is 16.3. The predicted octanol–water partition coefficient (Wildman–Crippen LogP) is 6.80. The lowest BCUT2D eigenvalue weighted by Gasteiger charge is -2.18. The molecule has 0 atom stereocenters. The molecule has 5 rings (SSSR count). The van der Waals surface area contributed by atoms with Gasteiger partial charge in [0.25, 0.3) is 0 Å². The lowest BCUT2D eigenvalue weighted by molar-refractivity contribution is 1.51. The second kappa shape index (κ2) is 6.68. The van der Waals surface area contributed by atoms with E-state index >= 15 is 0 Å². The van der Waals surface area contributed by atoms with Gasteiger partial charge in [0.15, 0.2) is 0 Å². The topological polar surface area (TPSA) is 52.0 Å². The Morgan fingerprint density at radius 3 is 1.45 bits per heavy atom. The Morgan fingerprint density at radius 1 is 0.483 bits per heavy atom.